The summed E-state index contributed by atoms with van der Waals surface area (Å²) < 4.78 is 11.3. The van der Waals surface area contributed by atoms with Crippen LogP contribution in [0.3, 0.4) is 0 Å². The molecule has 1 aromatic carbocycles. The first-order valence-corrected chi connectivity index (χ1v) is 10.0. The molecule has 7 heteroatoms. The molecule has 0 aliphatic carbocycles. The van der Waals surface area contributed by atoms with Gasteiger partial charge < -0.3 is 20.1 Å². The van der Waals surface area contributed by atoms with Crippen LogP contribution < -0.4 is 20.1 Å². The minimum Gasteiger partial charge on any atom is -0.493 e. The highest BCUT2D eigenvalue weighted by Crippen LogP contribution is 2.36. The van der Waals surface area contributed by atoms with E-state index in [1.165, 1.54) is 18.6 Å². The topological polar surface area (TPSA) is 54.9 Å². The predicted molar refractivity (Wildman–Crippen MR) is 122 cm³/mol. The van der Waals surface area contributed by atoms with Crippen molar-refractivity contribution in [1.29, 1.82) is 0 Å². The maximum Gasteiger partial charge on any atom is 0.191 e. The molecule has 1 unspecified atom stereocenters. The SMILES string of the molecule is CCNC(=NCc1ccc(OC)c(OCC)c1)NCC1(C)CCCS1.I. The van der Waals surface area contributed by atoms with Gasteiger partial charge in [-0.15, -0.1) is 24.0 Å². The average molecular weight is 493 g/mol. The van der Waals surface area contributed by atoms with Gasteiger partial charge in [-0.1, -0.05) is 6.07 Å². The van der Waals surface area contributed by atoms with Gasteiger partial charge in [0.05, 0.1) is 20.3 Å². The number of methoxy groups -OCH3 is 1. The molecule has 148 valence electrons. The number of benzene rings is 1. The highest BCUT2D eigenvalue weighted by atomic mass is 127. The number of nitrogens with zero attached hydrogens (tertiary/aromatic N) is 1. The summed E-state index contributed by atoms with van der Waals surface area (Å²) >= 11 is 2.06. The van der Waals surface area contributed by atoms with Crippen molar-refractivity contribution >= 4 is 41.7 Å². The first-order chi connectivity index (χ1) is 12.1. The van der Waals surface area contributed by atoms with Crippen molar-refractivity contribution in [2.24, 2.45) is 4.99 Å². The van der Waals surface area contributed by atoms with Crippen molar-refractivity contribution in [3.8, 4) is 11.5 Å². The Hall–Kier alpha value is -0.830. The van der Waals surface area contributed by atoms with Gasteiger partial charge in [0, 0.05) is 17.8 Å². The summed E-state index contributed by atoms with van der Waals surface area (Å²) in [5, 5.41) is 6.83. The Balaban J connectivity index is 0.00000338. The number of nitrogens with one attached hydrogen (secondary N) is 2. The highest BCUT2D eigenvalue weighted by molar-refractivity contribution is 14.0. The molecule has 1 saturated heterocycles. The van der Waals surface area contributed by atoms with E-state index in [-0.39, 0.29) is 24.0 Å². The zero-order valence-corrected chi connectivity index (χ0v) is 19.4. The predicted octanol–water partition coefficient (Wildman–Crippen LogP) is 4.05. The molecule has 1 atom stereocenters. The van der Waals surface area contributed by atoms with E-state index < -0.39 is 0 Å². The van der Waals surface area contributed by atoms with Crippen LogP contribution in [0.25, 0.3) is 0 Å². The summed E-state index contributed by atoms with van der Waals surface area (Å²) in [7, 11) is 1.66. The van der Waals surface area contributed by atoms with Crippen LogP contribution in [0.5, 0.6) is 11.5 Å². The number of rotatable bonds is 8. The van der Waals surface area contributed by atoms with Gasteiger partial charge in [0.15, 0.2) is 17.5 Å². The van der Waals surface area contributed by atoms with Crippen molar-refractivity contribution in [2.45, 2.75) is 44.9 Å². The number of ether oxygens (including phenoxy) is 2. The van der Waals surface area contributed by atoms with Gasteiger partial charge in [-0.05, 0) is 57.1 Å². The maximum absolute atomic E-state index is 5.64. The van der Waals surface area contributed by atoms with E-state index >= 15 is 0 Å². The molecule has 26 heavy (non-hydrogen) atoms. The molecule has 0 spiro atoms. The number of hydrogen-bond donors (Lipinski definition) is 2. The fourth-order valence-electron chi connectivity index (χ4n) is 2.85. The molecule has 1 fully saturated rings. The van der Waals surface area contributed by atoms with Crippen molar-refractivity contribution in [1.82, 2.24) is 10.6 Å². The zero-order chi connectivity index (χ0) is 18.1. The molecule has 0 amide bonds. The van der Waals surface area contributed by atoms with Crippen molar-refractivity contribution in [3.05, 3.63) is 23.8 Å². The van der Waals surface area contributed by atoms with Gasteiger partial charge in [0.25, 0.3) is 0 Å². The third kappa shape index (κ3) is 7.06. The Morgan fingerprint density at radius 3 is 2.69 bits per heavy atom. The molecule has 1 heterocycles. The van der Waals surface area contributed by atoms with Crippen LogP contribution >= 0.6 is 35.7 Å². The van der Waals surface area contributed by atoms with E-state index in [0.717, 1.165) is 36.1 Å². The zero-order valence-electron chi connectivity index (χ0n) is 16.3. The third-order valence-electron chi connectivity index (χ3n) is 4.22. The first kappa shape index (κ1) is 23.2. The van der Waals surface area contributed by atoms with Crippen LogP contribution in [-0.4, -0.2) is 43.3 Å². The Morgan fingerprint density at radius 2 is 2.08 bits per heavy atom. The fourth-order valence-corrected chi connectivity index (χ4v) is 4.09. The summed E-state index contributed by atoms with van der Waals surface area (Å²) in [6.07, 6.45) is 2.57. The molecular weight excluding hydrogens is 461 g/mol. The van der Waals surface area contributed by atoms with Crippen LogP contribution in [-0.2, 0) is 6.54 Å². The third-order valence-corrected chi connectivity index (χ3v) is 5.76. The second-order valence-electron chi connectivity index (χ2n) is 6.37. The van der Waals surface area contributed by atoms with Crippen molar-refractivity contribution < 1.29 is 9.47 Å². The van der Waals surface area contributed by atoms with Crippen LogP contribution in [0.1, 0.15) is 39.2 Å². The minimum atomic E-state index is 0. The smallest absolute Gasteiger partial charge is 0.191 e. The van der Waals surface area contributed by atoms with E-state index in [0.29, 0.717) is 17.9 Å². The minimum absolute atomic E-state index is 0. The molecule has 0 aromatic heterocycles. The van der Waals surface area contributed by atoms with Gasteiger partial charge in [0.2, 0.25) is 0 Å². The Labute approximate surface area is 179 Å². The number of aliphatic imine (C=N–C) groups is 1. The summed E-state index contributed by atoms with van der Waals surface area (Å²) in [5.41, 5.74) is 1.10. The summed E-state index contributed by atoms with van der Waals surface area (Å²) in [6.45, 7) is 9.40. The summed E-state index contributed by atoms with van der Waals surface area (Å²) in [5.74, 6) is 3.65. The maximum atomic E-state index is 5.64. The lowest BCUT2D eigenvalue weighted by Gasteiger charge is -2.24. The van der Waals surface area contributed by atoms with E-state index in [1.807, 2.05) is 25.1 Å². The summed E-state index contributed by atoms with van der Waals surface area (Å²) in [6, 6.07) is 5.97. The van der Waals surface area contributed by atoms with Crippen LogP contribution in [0.15, 0.2) is 23.2 Å². The van der Waals surface area contributed by atoms with Crippen molar-refractivity contribution in [2.75, 3.05) is 32.6 Å². The number of halogens is 1. The lowest BCUT2D eigenvalue weighted by atomic mass is 10.1. The van der Waals surface area contributed by atoms with Crippen LogP contribution in [0.4, 0.5) is 0 Å². The molecular formula is C19H32IN3O2S. The number of guanidine groups is 1. The molecule has 2 rings (SSSR count). The van der Waals surface area contributed by atoms with Gasteiger partial charge in [0.1, 0.15) is 0 Å². The molecule has 0 radical (unpaired) electrons. The van der Waals surface area contributed by atoms with Gasteiger partial charge in [-0.2, -0.15) is 11.8 Å². The molecule has 1 aliphatic heterocycles. The molecule has 0 saturated carbocycles. The second kappa shape index (κ2) is 11.8. The molecule has 5 nitrogen and oxygen atoms in total. The normalized spacial score (nSPS) is 19.6. The monoisotopic (exact) mass is 493 g/mol. The highest BCUT2D eigenvalue weighted by Gasteiger charge is 2.29. The van der Waals surface area contributed by atoms with Gasteiger partial charge in [-0.25, -0.2) is 4.99 Å². The van der Waals surface area contributed by atoms with Gasteiger partial charge >= 0.3 is 0 Å². The molecule has 0 bridgehead atoms. The first-order valence-electron chi connectivity index (χ1n) is 9.06. The van der Waals surface area contributed by atoms with Crippen LogP contribution in [0.2, 0.25) is 0 Å². The lowest BCUT2D eigenvalue weighted by molar-refractivity contribution is 0.310. The largest absolute Gasteiger partial charge is 0.493 e. The summed E-state index contributed by atoms with van der Waals surface area (Å²) in [4.78, 5) is 4.72. The Bertz CT molecular complexity index is 578. The Kier molecular flexibility index (Phi) is 10.5. The van der Waals surface area contributed by atoms with Crippen molar-refractivity contribution in [3.63, 3.8) is 0 Å². The van der Waals surface area contributed by atoms with Gasteiger partial charge in [-0.3, -0.25) is 0 Å². The fraction of sp³-hybridized carbons (Fsp3) is 0.632. The number of hydrogen-bond acceptors (Lipinski definition) is 4. The Morgan fingerprint density at radius 1 is 1.27 bits per heavy atom. The van der Waals surface area contributed by atoms with E-state index in [9.17, 15) is 0 Å². The molecule has 1 aliphatic rings. The molecule has 1 aromatic rings. The van der Waals surface area contributed by atoms with E-state index in [1.54, 1.807) is 7.11 Å². The lowest BCUT2D eigenvalue weighted by Crippen LogP contribution is -2.43. The second-order valence-corrected chi connectivity index (χ2v) is 8.05. The van der Waals surface area contributed by atoms with E-state index in [2.05, 4.69) is 36.2 Å². The average Bonchev–Trinajstić information content (AvgIpc) is 3.05. The van der Waals surface area contributed by atoms with E-state index in [4.69, 9.17) is 14.5 Å². The standard InChI is InChI=1S/C19H31N3O2S.HI/c1-5-20-18(22-14-19(3)10-7-11-25-19)21-13-15-8-9-16(23-4)17(12-15)24-6-2;/h8-9,12H,5-7,10-11,13-14H2,1-4H3,(H2,20,21,22);1H. The van der Waals surface area contributed by atoms with Crippen LogP contribution in [0, 0.1) is 0 Å². The quantitative estimate of drug-likeness (QED) is 0.325. The number of thioether (sulfide) groups is 1. The molecule has 2 N–H and O–H groups in total.